The minimum Gasteiger partial charge on any atom is -0.392 e. The maximum atomic E-state index is 13.2. The molecule has 5 aliphatic rings. The number of nitrogens with one attached hydrogen (secondary N) is 2. The number of hydrogen-bond donors (Lipinski definition) is 3. The van der Waals surface area contributed by atoms with E-state index in [-0.39, 0.29) is 36.4 Å². The number of rotatable bonds is 9. The fourth-order valence-electron chi connectivity index (χ4n) is 9.62. The van der Waals surface area contributed by atoms with E-state index in [1.807, 2.05) is 48.5 Å². The fourth-order valence-corrected chi connectivity index (χ4v) is 9.62. The van der Waals surface area contributed by atoms with Gasteiger partial charge in [-0.3, -0.25) is 4.90 Å². The normalized spacial score (nSPS) is 29.6. The summed E-state index contributed by atoms with van der Waals surface area (Å²) in [5.41, 5.74) is 4.87. The summed E-state index contributed by atoms with van der Waals surface area (Å²) < 4.78 is 13.3. The van der Waals surface area contributed by atoms with Gasteiger partial charge in [-0.25, -0.2) is 4.79 Å². The van der Waals surface area contributed by atoms with Crippen molar-refractivity contribution < 1.29 is 19.4 Å². The number of carbonyl (C=O) groups is 1. The predicted octanol–water partition coefficient (Wildman–Crippen LogP) is 8.66. The minimum atomic E-state index is -0.555. The number of aliphatic hydroxyl groups is 1. The van der Waals surface area contributed by atoms with Crippen LogP contribution in [0.15, 0.2) is 91.0 Å². The van der Waals surface area contributed by atoms with Crippen molar-refractivity contribution in [3.05, 3.63) is 113 Å². The van der Waals surface area contributed by atoms with Gasteiger partial charge in [0.25, 0.3) is 0 Å². The Morgan fingerprint density at radius 2 is 1.49 bits per heavy atom. The third-order valence-electron chi connectivity index (χ3n) is 11.9. The summed E-state index contributed by atoms with van der Waals surface area (Å²) in [7, 11) is 2.16. The molecule has 7 nitrogen and oxygen atoms in total. The molecule has 49 heavy (non-hydrogen) atoms. The van der Waals surface area contributed by atoms with Crippen molar-refractivity contribution in [3.8, 4) is 0 Å². The number of benzene rings is 4. The van der Waals surface area contributed by atoms with Crippen molar-refractivity contribution in [2.75, 3.05) is 18.9 Å². The minimum absolute atomic E-state index is 0.0125. The van der Waals surface area contributed by atoms with E-state index in [0.29, 0.717) is 6.42 Å². The Bertz CT molecular complexity index is 1740. The number of carbonyl (C=O) groups excluding carboxylic acids is 1. The van der Waals surface area contributed by atoms with Crippen LogP contribution in [0.5, 0.6) is 0 Å². The third-order valence-corrected chi connectivity index (χ3v) is 11.9. The van der Waals surface area contributed by atoms with Gasteiger partial charge in [0.2, 0.25) is 0 Å². The van der Waals surface area contributed by atoms with Crippen molar-refractivity contribution in [2.24, 2.45) is 17.8 Å². The number of ether oxygens (including phenoxy) is 2. The molecule has 4 atom stereocenters. The maximum Gasteiger partial charge on any atom is 0.319 e. The molecule has 4 saturated carbocycles. The third kappa shape index (κ3) is 7.00. The smallest absolute Gasteiger partial charge is 0.319 e. The Kier molecular flexibility index (Phi) is 8.95. The highest BCUT2D eigenvalue weighted by Gasteiger charge is 2.51. The van der Waals surface area contributed by atoms with Crippen LogP contribution in [0.25, 0.3) is 10.8 Å². The monoisotopic (exact) mass is 659 g/mol. The fraction of sp³-hybridized carbons (Fsp3) is 0.452. The van der Waals surface area contributed by atoms with Crippen LogP contribution in [0.2, 0.25) is 0 Å². The molecule has 1 heterocycles. The summed E-state index contributed by atoms with van der Waals surface area (Å²) >= 11 is 0. The van der Waals surface area contributed by atoms with Crippen LogP contribution in [0.4, 0.5) is 10.5 Å². The van der Waals surface area contributed by atoms with E-state index in [1.54, 1.807) is 0 Å². The molecule has 7 heteroatoms. The lowest BCUT2D eigenvalue weighted by Crippen LogP contribution is -2.60. The van der Waals surface area contributed by atoms with Gasteiger partial charge in [-0.1, -0.05) is 72.8 Å². The number of anilines is 1. The second-order valence-electron chi connectivity index (χ2n) is 15.5. The molecule has 4 unspecified atom stereocenters. The van der Waals surface area contributed by atoms with E-state index in [9.17, 15) is 9.90 Å². The lowest BCUT2D eigenvalue weighted by atomic mass is 9.53. The van der Waals surface area contributed by atoms with Gasteiger partial charge in [0.05, 0.1) is 18.8 Å². The van der Waals surface area contributed by atoms with Crippen LogP contribution >= 0.6 is 0 Å². The van der Waals surface area contributed by atoms with Gasteiger partial charge < -0.3 is 25.2 Å². The van der Waals surface area contributed by atoms with Crippen molar-refractivity contribution >= 4 is 22.5 Å². The number of amides is 2. The number of fused-ring (bicyclic) bond motifs is 1. The van der Waals surface area contributed by atoms with E-state index in [1.165, 1.54) is 35.6 Å². The van der Waals surface area contributed by atoms with Crippen molar-refractivity contribution in [3.63, 3.8) is 0 Å². The quantitative estimate of drug-likeness (QED) is 0.168. The first kappa shape index (κ1) is 32.5. The summed E-state index contributed by atoms with van der Waals surface area (Å²) in [6, 6.07) is 31.2. The van der Waals surface area contributed by atoms with Gasteiger partial charge in [-0.15, -0.1) is 0 Å². The zero-order chi connectivity index (χ0) is 33.5. The number of likely N-dealkylation sites (N-methyl/N-ethyl adjacent to an activating group) is 1. The Morgan fingerprint density at radius 1 is 0.837 bits per heavy atom. The lowest BCUT2D eigenvalue weighted by molar-refractivity contribution is -0.253. The largest absolute Gasteiger partial charge is 0.392 e. The van der Waals surface area contributed by atoms with Gasteiger partial charge in [0.15, 0.2) is 6.29 Å². The van der Waals surface area contributed by atoms with E-state index < -0.39 is 6.29 Å². The van der Waals surface area contributed by atoms with Crippen LogP contribution in [0.3, 0.4) is 0 Å². The average molecular weight is 660 g/mol. The molecule has 4 aromatic carbocycles. The maximum absolute atomic E-state index is 13.2. The van der Waals surface area contributed by atoms with Crippen molar-refractivity contribution in [1.29, 1.82) is 0 Å². The molecule has 4 aliphatic carbocycles. The Hall–Kier alpha value is -3.75. The lowest BCUT2D eigenvalue weighted by Gasteiger charge is -2.56. The Labute approximate surface area is 290 Å². The van der Waals surface area contributed by atoms with Crippen molar-refractivity contribution in [1.82, 2.24) is 10.2 Å². The van der Waals surface area contributed by atoms with Crippen LogP contribution in [-0.2, 0) is 16.1 Å². The van der Waals surface area contributed by atoms with E-state index in [4.69, 9.17) is 9.47 Å². The van der Waals surface area contributed by atoms with Crippen LogP contribution in [-0.4, -0.2) is 41.3 Å². The highest BCUT2D eigenvalue weighted by Crippen LogP contribution is 2.55. The van der Waals surface area contributed by atoms with E-state index in [0.717, 1.165) is 65.9 Å². The molecule has 0 radical (unpaired) electrons. The molecule has 9 rings (SSSR count). The standard InChI is InChI=1S/C42H49N3O4/c1-27(35-12-11-32-5-3-4-6-36(32)20-35)45(2)25-38-21-39(33-9-7-28(26-46)8-10-33)49-40(48-38)34-13-15-37(16-14-34)43-41(47)44-42-22-29-17-30(23-42)19-31(18-29)24-42/h3-16,20,27,29-31,38-40,46H,17-19,21-26H2,1-2H3,(H2,43,44,47). The molecule has 3 N–H and O–H groups in total. The number of hydrogen-bond acceptors (Lipinski definition) is 5. The van der Waals surface area contributed by atoms with Crippen LogP contribution < -0.4 is 10.6 Å². The first-order valence-electron chi connectivity index (χ1n) is 18.2. The Morgan fingerprint density at radius 3 is 2.16 bits per heavy atom. The average Bonchev–Trinajstić information content (AvgIpc) is 3.10. The zero-order valence-corrected chi connectivity index (χ0v) is 28.7. The molecule has 4 bridgehead atoms. The van der Waals surface area contributed by atoms with Gasteiger partial charge in [0.1, 0.15) is 0 Å². The molecule has 4 aromatic rings. The molecule has 256 valence electrons. The van der Waals surface area contributed by atoms with Gasteiger partial charge >= 0.3 is 6.03 Å². The first-order chi connectivity index (χ1) is 23.8. The van der Waals surface area contributed by atoms with Crippen molar-refractivity contribution in [2.45, 2.75) is 88.6 Å². The van der Waals surface area contributed by atoms with E-state index in [2.05, 4.69) is 72.0 Å². The molecule has 2 amide bonds. The number of aliphatic hydroxyl groups excluding tert-OH is 1. The summed E-state index contributed by atoms with van der Waals surface area (Å²) in [5, 5.41) is 18.6. The zero-order valence-electron chi connectivity index (χ0n) is 28.7. The molecule has 0 spiro atoms. The molecule has 0 aromatic heterocycles. The molecule has 1 aliphatic heterocycles. The van der Waals surface area contributed by atoms with Gasteiger partial charge in [-0.2, -0.15) is 0 Å². The molecule has 1 saturated heterocycles. The molecule has 5 fully saturated rings. The summed E-state index contributed by atoms with van der Waals surface area (Å²) in [4.78, 5) is 15.6. The summed E-state index contributed by atoms with van der Waals surface area (Å²) in [5.74, 6) is 2.34. The number of nitrogens with zero attached hydrogens (tertiary/aromatic N) is 1. The van der Waals surface area contributed by atoms with Crippen LogP contribution in [0, 0.1) is 17.8 Å². The summed E-state index contributed by atoms with van der Waals surface area (Å²) in [6.07, 6.45) is 7.37. The molecular formula is C42H49N3O4. The van der Waals surface area contributed by atoms with Gasteiger partial charge in [-0.05, 0) is 116 Å². The number of urea groups is 1. The summed E-state index contributed by atoms with van der Waals surface area (Å²) in [6.45, 7) is 3.00. The second kappa shape index (κ2) is 13.5. The highest BCUT2D eigenvalue weighted by molar-refractivity contribution is 5.89. The first-order valence-corrected chi connectivity index (χ1v) is 18.2. The SMILES string of the molecule is CC(c1ccc2ccccc2c1)N(C)CC1CC(c2ccc(CO)cc2)OC(c2ccc(NC(=O)NC34CC5CC(CC(C5)C3)C4)cc2)O1. The predicted molar refractivity (Wildman–Crippen MR) is 193 cm³/mol. The van der Waals surface area contributed by atoms with Gasteiger partial charge in [0, 0.05) is 35.8 Å². The Balaban J connectivity index is 0.955. The topological polar surface area (TPSA) is 83.1 Å². The highest BCUT2D eigenvalue weighted by atomic mass is 16.7. The van der Waals surface area contributed by atoms with Crippen LogP contribution in [0.1, 0.15) is 92.6 Å². The van der Waals surface area contributed by atoms with E-state index >= 15 is 0 Å². The molecular weight excluding hydrogens is 610 g/mol. The second-order valence-corrected chi connectivity index (χ2v) is 15.5.